The average molecular weight is 279 g/mol. The lowest BCUT2D eigenvalue weighted by atomic mass is 10.1. The van der Waals surface area contributed by atoms with Gasteiger partial charge in [-0.1, -0.05) is 35.9 Å². The molecule has 0 saturated carbocycles. The summed E-state index contributed by atoms with van der Waals surface area (Å²) in [6.07, 6.45) is 1.38. The molecular weight excluding hydrogens is 264 g/mol. The lowest BCUT2D eigenvalue weighted by Gasteiger charge is -2.11. The van der Waals surface area contributed by atoms with Crippen LogP contribution >= 0.6 is 11.6 Å². The van der Waals surface area contributed by atoms with Gasteiger partial charge in [0.15, 0.2) is 11.0 Å². The van der Waals surface area contributed by atoms with Crippen LogP contribution < -0.4 is 11.1 Å². The van der Waals surface area contributed by atoms with E-state index in [1.54, 1.807) is 7.11 Å². The summed E-state index contributed by atoms with van der Waals surface area (Å²) < 4.78 is 5.16. The number of nitrogen functional groups attached to an aromatic ring is 1. The molecule has 0 amide bonds. The highest BCUT2D eigenvalue weighted by Gasteiger charge is 2.07. The second-order valence-electron chi connectivity index (χ2n) is 3.98. The molecular formula is C13H15ClN4O. The first kappa shape index (κ1) is 13.6. The first-order valence-corrected chi connectivity index (χ1v) is 6.15. The lowest BCUT2D eigenvalue weighted by Crippen LogP contribution is -2.07. The normalized spacial score (nSPS) is 10.4. The molecule has 0 spiro atoms. The summed E-state index contributed by atoms with van der Waals surface area (Å²) in [6, 6.07) is 8.01. The standard InChI is InChI=1S/C13H15ClN4O/c1-19-7-10-5-3-2-4-9(10)6-16-13-11(15)12(14)17-8-18-13/h2-5,8H,6-7,15H2,1H3,(H,16,17,18). The highest BCUT2D eigenvalue weighted by Crippen LogP contribution is 2.22. The largest absolute Gasteiger partial charge is 0.393 e. The lowest BCUT2D eigenvalue weighted by molar-refractivity contribution is 0.184. The molecule has 19 heavy (non-hydrogen) atoms. The zero-order valence-electron chi connectivity index (χ0n) is 10.6. The van der Waals surface area contributed by atoms with Crippen LogP contribution in [-0.4, -0.2) is 17.1 Å². The van der Waals surface area contributed by atoms with Crippen molar-refractivity contribution in [1.29, 1.82) is 0 Å². The number of hydrogen-bond donors (Lipinski definition) is 2. The Balaban J connectivity index is 2.12. The van der Waals surface area contributed by atoms with Crippen molar-refractivity contribution in [3.63, 3.8) is 0 Å². The fourth-order valence-corrected chi connectivity index (χ4v) is 1.85. The van der Waals surface area contributed by atoms with Crippen LogP contribution in [0.4, 0.5) is 11.5 Å². The summed E-state index contributed by atoms with van der Waals surface area (Å²) in [6.45, 7) is 1.16. The molecule has 0 aliphatic heterocycles. The summed E-state index contributed by atoms with van der Waals surface area (Å²) in [7, 11) is 1.67. The first-order chi connectivity index (χ1) is 9.22. The summed E-state index contributed by atoms with van der Waals surface area (Å²) in [5.41, 5.74) is 8.40. The van der Waals surface area contributed by atoms with Crippen LogP contribution in [0.5, 0.6) is 0 Å². The molecule has 2 aromatic rings. The van der Waals surface area contributed by atoms with E-state index in [2.05, 4.69) is 15.3 Å². The molecule has 0 fully saturated rings. The zero-order valence-corrected chi connectivity index (χ0v) is 11.3. The maximum absolute atomic E-state index is 5.84. The van der Waals surface area contributed by atoms with Crippen LogP contribution in [0.15, 0.2) is 30.6 Å². The van der Waals surface area contributed by atoms with E-state index in [1.807, 2.05) is 24.3 Å². The second-order valence-corrected chi connectivity index (χ2v) is 4.34. The SMILES string of the molecule is COCc1ccccc1CNc1ncnc(Cl)c1N. The summed E-state index contributed by atoms with van der Waals surface area (Å²) in [5.74, 6) is 0.534. The molecule has 0 bridgehead atoms. The number of anilines is 2. The number of nitrogens with zero attached hydrogens (tertiary/aromatic N) is 2. The maximum Gasteiger partial charge on any atom is 0.157 e. The molecule has 1 aromatic carbocycles. The predicted octanol–water partition coefficient (Wildman–Crippen LogP) is 2.47. The molecule has 0 radical (unpaired) electrons. The first-order valence-electron chi connectivity index (χ1n) is 5.78. The van der Waals surface area contributed by atoms with Crippen molar-refractivity contribution < 1.29 is 4.74 Å². The van der Waals surface area contributed by atoms with Gasteiger partial charge in [-0.15, -0.1) is 0 Å². The van der Waals surface area contributed by atoms with Crippen LogP contribution in [0.1, 0.15) is 11.1 Å². The number of halogens is 1. The van der Waals surface area contributed by atoms with E-state index in [1.165, 1.54) is 6.33 Å². The Hall–Kier alpha value is -1.85. The van der Waals surface area contributed by atoms with Crippen molar-refractivity contribution in [3.05, 3.63) is 46.9 Å². The summed E-state index contributed by atoms with van der Waals surface area (Å²) >= 11 is 5.84. The number of benzene rings is 1. The van der Waals surface area contributed by atoms with Gasteiger partial charge in [0.05, 0.1) is 6.61 Å². The number of ether oxygens (including phenoxy) is 1. The van der Waals surface area contributed by atoms with E-state index < -0.39 is 0 Å². The topological polar surface area (TPSA) is 73.1 Å². The smallest absolute Gasteiger partial charge is 0.157 e. The molecule has 6 heteroatoms. The Labute approximate surface area is 116 Å². The molecule has 0 unspecified atom stereocenters. The highest BCUT2D eigenvalue weighted by molar-refractivity contribution is 6.32. The molecule has 2 rings (SSSR count). The van der Waals surface area contributed by atoms with E-state index >= 15 is 0 Å². The van der Waals surface area contributed by atoms with Crippen molar-refractivity contribution in [1.82, 2.24) is 9.97 Å². The minimum absolute atomic E-state index is 0.252. The average Bonchev–Trinajstić information content (AvgIpc) is 2.42. The van der Waals surface area contributed by atoms with Crippen LogP contribution in [0.2, 0.25) is 5.15 Å². The zero-order chi connectivity index (χ0) is 13.7. The van der Waals surface area contributed by atoms with Gasteiger partial charge in [0.2, 0.25) is 0 Å². The predicted molar refractivity (Wildman–Crippen MR) is 75.9 cm³/mol. The third-order valence-electron chi connectivity index (χ3n) is 2.70. The summed E-state index contributed by atoms with van der Waals surface area (Å²) in [4.78, 5) is 7.88. The minimum Gasteiger partial charge on any atom is -0.393 e. The van der Waals surface area contributed by atoms with Gasteiger partial charge < -0.3 is 15.8 Å². The third-order valence-corrected chi connectivity index (χ3v) is 3.00. The fraction of sp³-hybridized carbons (Fsp3) is 0.231. The molecule has 0 aliphatic rings. The van der Waals surface area contributed by atoms with Gasteiger partial charge in [-0.2, -0.15) is 0 Å². The number of hydrogen-bond acceptors (Lipinski definition) is 5. The molecule has 1 heterocycles. The fourth-order valence-electron chi connectivity index (χ4n) is 1.72. The molecule has 100 valence electrons. The molecule has 0 aliphatic carbocycles. The van der Waals surface area contributed by atoms with E-state index in [0.29, 0.717) is 24.7 Å². The van der Waals surface area contributed by atoms with Gasteiger partial charge in [-0.25, -0.2) is 9.97 Å². The molecule has 5 nitrogen and oxygen atoms in total. The van der Waals surface area contributed by atoms with E-state index in [9.17, 15) is 0 Å². The van der Waals surface area contributed by atoms with E-state index in [4.69, 9.17) is 22.1 Å². The molecule has 3 N–H and O–H groups in total. The molecule has 1 aromatic heterocycles. The van der Waals surface area contributed by atoms with Gasteiger partial charge in [-0.05, 0) is 11.1 Å². The Morgan fingerprint density at radius 3 is 2.74 bits per heavy atom. The molecule has 0 saturated heterocycles. The monoisotopic (exact) mass is 278 g/mol. The third kappa shape index (κ3) is 3.33. The Bertz CT molecular complexity index is 562. The van der Waals surface area contributed by atoms with E-state index in [-0.39, 0.29) is 5.15 Å². The van der Waals surface area contributed by atoms with Crippen LogP contribution in [-0.2, 0) is 17.9 Å². The van der Waals surface area contributed by atoms with Crippen LogP contribution in [0.25, 0.3) is 0 Å². The Morgan fingerprint density at radius 1 is 1.26 bits per heavy atom. The molecule has 0 atom stereocenters. The van der Waals surface area contributed by atoms with Crippen LogP contribution in [0.3, 0.4) is 0 Å². The van der Waals surface area contributed by atoms with Gasteiger partial charge in [0, 0.05) is 13.7 Å². The van der Waals surface area contributed by atoms with Crippen molar-refractivity contribution in [3.8, 4) is 0 Å². The van der Waals surface area contributed by atoms with Crippen molar-refractivity contribution in [2.24, 2.45) is 0 Å². The van der Waals surface area contributed by atoms with Gasteiger partial charge >= 0.3 is 0 Å². The summed E-state index contributed by atoms with van der Waals surface area (Å²) in [5, 5.41) is 3.41. The van der Waals surface area contributed by atoms with Crippen molar-refractivity contribution in [2.45, 2.75) is 13.2 Å². The minimum atomic E-state index is 0.252. The number of methoxy groups -OCH3 is 1. The number of aromatic nitrogens is 2. The van der Waals surface area contributed by atoms with Gasteiger partial charge in [0.1, 0.15) is 12.0 Å². The Morgan fingerprint density at radius 2 is 2.00 bits per heavy atom. The maximum atomic E-state index is 5.84. The van der Waals surface area contributed by atoms with Crippen LogP contribution in [0, 0.1) is 0 Å². The second kappa shape index (κ2) is 6.36. The van der Waals surface area contributed by atoms with Crippen molar-refractivity contribution >= 4 is 23.1 Å². The van der Waals surface area contributed by atoms with Crippen molar-refractivity contribution in [2.75, 3.05) is 18.2 Å². The van der Waals surface area contributed by atoms with Gasteiger partial charge in [-0.3, -0.25) is 0 Å². The Kier molecular flexibility index (Phi) is 4.54. The highest BCUT2D eigenvalue weighted by atomic mass is 35.5. The number of nitrogens with one attached hydrogen (secondary N) is 1. The number of nitrogens with two attached hydrogens (primary N) is 1. The quantitative estimate of drug-likeness (QED) is 0.822. The number of rotatable bonds is 5. The van der Waals surface area contributed by atoms with Gasteiger partial charge in [0.25, 0.3) is 0 Å². The van der Waals surface area contributed by atoms with E-state index in [0.717, 1.165) is 11.1 Å².